The summed E-state index contributed by atoms with van der Waals surface area (Å²) in [5, 5.41) is 10.7. The minimum Gasteiger partial charge on any atom is -0.489 e. The fourth-order valence-corrected chi connectivity index (χ4v) is 2.60. The Hall–Kier alpha value is -3.55. The Bertz CT molecular complexity index is 999. The molecular weight excluding hydrogens is 337 g/mol. The van der Waals surface area contributed by atoms with Crippen LogP contribution in [-0.2, 0) is 6.54 Å². The number of anilines is 1. The number of ether oxygens (including phenoxy) is 1. The molecule has 0 unspecified atom stereocenters. The van der Waals surface area contributed by atoms with E-state index in [1.807, 2.05) is 16.7 Å². The lowest BCUT2D eigenvalue weighted by Crippen LogP contribution is -2.15. The van der Waals surface area contributed by atoms with Gasteiger partial charge in [-0.2, -0.15) is 0 Å². The molecule has 2 bridgehead atoms. The summed E-state index contributed by atoms with van der Waals surface area (Å²) < 4.78 is 21.0. The molecule has 0 fully saturated rings. The number of pyridine rings is 1. The molecule has 2 aromatic heterocycles. The van der Waals surface area contributed by atoms with Gasteiger partial charge >= 0.3 is 0 Å². The maximum Gasteiger partial charge on any atom is 0.260 e. The number of hydrogen-bond acceptors (Lipinski definition) is 5. The van der Waals surface area contributed by atoms with Gasteiger partial charge in [-0.05, 0) is 36.4 Å². The Balaban J connectivity index is 1.78. The molecule has 4 rings (SSSR count). The number of aromatic nitrogens is 4. The van der Waals surface area contributed by atoms with E-state index in [-0.39, 0.29) is 12.2 Å². The van der Waals surface area contributed by atoms with Gasteiger partial charge in [0.25, 0.3) is 5.91 Å². The van der Waals surface area contributed by atoms with E-state index in [0.717, 1.165) is 6.07 Å². The van der Waals surface area contributed by atoms with Crippen LogP contribution in [0.2, 0.25) is 0 Å². The monoisotopic (exact) mass is 351 g/mol. The van der Waals surface area contributed by atoms with Crippen LogP contribution in [0.25, 0.3) is 11.5 Å². The number of halogens is 1. The standard InChI is InChI=1S/C18H14FN5O2/c19-12-6-7-15-13(10-12)18(25)22-16-5-3-4-14(21-16)17-23-20-11-24(17)8-1-2-9-26-15/h1-7,10-11H,8-9H2,(H,21,22,25)/b2-1+. The van der Waals surface area contributed by atoms with Gasteiger partial charge in [-0.1, -0.05) is 12.1 Å². The van der Waals surface area contributed by atoms with Crippen molar-refractivity contribution < 1.29 is 13.9 Å². The van der Waals surface area contributed by atoms with Gasteiger partial charge in [0.1, 0.15) is 36.0 Å². The van der Waals surface area contributed by atoms with Crippen LogP contribution in [0.4, 0.5) is 10.2 Å². The topological polar surface area (TPSA) is 81.9 Å². The summed E-state index contributed by atoms with van der Waals surface area (Å²) in [6.45, 7) is 0.785. The first-order chi connectivity index (χ1) is 12.7. The van der Waals surface area contributed by atoms with Gasteiger partial charge in [0.15, 0.2) is 5.82 Å². The number of carbonyl (C=O) groups excluding carboxylic acids is 1. The average molecular weight is 351 g/mol. The van der Waals surface area contributed by atoms with Crippen molar-refractivity contribution >= 4 is 11.7 Å². The van der Waals surface area contributed by atoms with Gasteiger partial charge < -0.3 is 14.6 Å². The summed E-state index contributed by atoms with van der Waals surface area (Å²) in [5.41, 5.74) is 0.673. The van der Waals surface area contributed by atoms with Crippen molar-refractivity contribution in [2.75, 3.05) is 11.9 Å². The molecule has 1 amide bonds. The first-order valence-electron chi connectivity index (χ1n) is 7.94. The van der Waals surface area contributed by atoms with Crippen molar-refractivity contribution in [3.05, 3.63) is 66.3 Å². The Morgan fingerprint density at radius 3 is 3.04 bits per heavy atom. The fraction of sp³-hybridized carbons (Fsp3) is 0.111. The van der Waals surface area contributed by atoms with Crippen LogP contribution in [0.15, 0.2) is 54.9 Å². The summed E-state index contributed by atoms with van der Waals surface area (Å²) in [5.74, 6) is 0.174. The average Bonchev–Trinajstić information content (AvgIpc) is 3.10. The quantitative estimate of drug-likeness (QED) is 0.630. The third-order valence-corrected chi connectivity index (χ3v) is 3.83. The van der Waals surface area contributed by atoms with Crippen molar-refractivity contribution in [1.29, 1.82) is 0 Å². The Morgan fingerprint density at radius 1 is 1.19 bits per heavy atom. The molecule has 0 aliphatic carbocycles. The van der Waals surface area contributed by atoms with Crippen molar-refractivity contribution in [2.24, 2.45) is 0 Å². The van der Waals surface area contributed by atoms with E-state index in [1.54, 1.807) is 24.5 Å². The van der Waals surface area contributed by atoms with Crippen LogP contribution in [0.5, 0.6) is 5.75 Å². The summed E-state index contributed by atoms with van der Waals surface area (Å²) in [6.07, 6.45) is 5.31. The molecule has 7 nitrogen and oxygen atoms in total. The molecule has 8 heteroatoms. The van der Waals surface area contributed by atoms with Crippen LogP contribution in [0.1, 0.15) is 10.4 Å². The molecule has 0 saturated carbocycles. The lowest BCUT2D eigenvalue weighted by molar-refractivity contribution is 0.102. The highest BCUT2D eigenvalue weighted by molar-refractivity contribution is 6.05. The van der Waals surface area contributed by atoms with E-state index in [4.69, 9.17) is 4.74 Å². The maximum atomic E-state index is 13.6. The second-order valence-corrected chi connectivity index (χ2v) is 5.59. The molecule has 1 aliphatic rings. The third-order valence-electron chi connectivity index (χ3n) is 3.83. The van der Waals surface area contributed by atoms with Crippen LogP contribution in [0, 0.1) is 5.82 Å². The lowest BCUT2D eigenvalue weighted by Gasteiger charge is -2.12. The zero-order valence-corrected chi connectivity index (χ0v) is 13.6. The highest BCUT2D eigenvalue weighted by atomic mass is 19.1. The van der Waals surface area contributed by atoms with Crippen molar-refractivity contribution in [3.8, 4) is 17.3 Å². The second-order valence-electron chi connectivity index (χ2n) is 5.59. The molecule has 3 aromatic rings. The number of amides is 1. The van der Waals surface area contributed by atoms with Crippen LogP contribution in [-0.4, -0.2) is 32.3 Å². The number of benzene rings is 1. The molecule has 3 heterocycles. The molecule has 1 aromatic carbocycles. The molecule has 26 heavy (non-hydrogen) atoms. The van der Waals surface area contributed by atoms with Gasteiger partial charge in [-0.3, -0.25) is 4.79 Å². The third kappa shape index (κ3) is 3.16. The number of carbonyl (C=O) groups is 1. The molecular formula is C18H14FN5O2. The maximum absolute atomic E-state index is 13.6. The number of hydrogen-bond donors (Lipinski definition) is 1. The van der Waals surface area contributed by atoms with Crippen molar-refractivity contribution in [2.45, 2.75) is 6.54 Å². The summed E-state index contributed by atoms with van der Waals surface area (Å²) in [6, 6.07) is 9.01. The second kappa shape index (κ2) is 6.75. The first-order valence-corrected chi connectivity index (χ1v) is 7.94. The smallest absolute Gasteiger partial charge is 0.260 e. The van der Waals surface area contributed by atoms with Gasteiger partial charge in [0.05, 0.1) is 5.56 Å². The normalized spacial score (nSPS) is 15.0. The molecule has 1 N–H and O–H groups in total. The molecule has 0 spiro atoms. The number of allylic oxidation sites excluding steroid dienone is 1. The van der Waals surface area contributed by atoms with E-state index >= 15 is 0 Å². The Labute approximate surface area is 148 Å². The van der Waals surface area contributed by atoms with E-state index in [9.17, 15) is 9.18 Å². The SMILES string of the molecule is O=C1Nc2cccc(n2)-c2nncn2C/C=C/COc2ccc(F)cc21. The highest BCUT2D eigenvalue weighted by Gasteiger charge is 2.16. The number of nitrogens with one attached hydrogen (secondary N) is 1. The predicted octanol–water partition coefficient (Wildman–Crippen LogP) is 2.68. The van der Waals surface area contributed by atoms with Gasteiger partial charge in [-0.15, -0.1) is 10.2 Å². The van der Waals surface area contributed by atoms with E-state index in [0.29, 0.717) is 29.6 Å². The molecule has 0 atom stereocenters. The van der Waals surface area contributed by atoms with Crippen LogP contribution < -0.4 is 10.1 Å². The van der Waals surface area contributed by atoms with Gasteiger partial charge in [0.2, 0.25) is 0 Å². The number of nitrogens with zero attached hydrogens (tertiary/aromatic N) is 4. The Morgan fingerprint density at radius 2 is 2.12 bits per heavy atom. The summed E-state index contributed by atoms with van der Waals surface area (Å²) in [4.78, 5) is 17.0. The van der Waals surface area contributed by atoms with Gasteiger partial charge in [0, 0.05) is 6.54 Å². The van der Waals surface area contributed by atoms with Crippen LogP contribution >= 0.6 is 0 Å². The summed E-state index contributed by atoms with van der Waals surface area (Å²) in [7, 11) is 0. The van der Waals surface area contributed by atoms with Crippen molar-refractivity contribution in [1.82, 2.24) is 19.7 Å². The molecule has 0 radical (unpaired) electrons. The zero-order chi connectivity index (χ0) is 17.9. The largest absolute Gasteiger partial charge is 0.489 e. The first kappa shape index (κ1) is 15.9. The summed E-state index contributed by atoms with van der Waals surface area (Å²) >= 11 is 0. The fourth-order valence-electron chi connectivity index (χ4n) is 2.60. The number of fused-ring (bicyclic) bond motifs is 5. The zero-order valence-electron chi connectivity index (χ0n) is 13.6. The van der Waals surface area contributed by atoms with E-state index in [2.05, 4.69) is 20.5 Å². The predicted molar refractivity (Wildman–Crippen MR) is 92.2 cm³/mol. The minimum atomic E-state index is -0.519. The molecule has 130 valence electrons. The molecule has 1 aliphatic heterocycles. The lowest BCUT2D eigenvalue weighted by atomic mass is 10.1. The molecule has 0 saturated heterocycles. The Kier molecular flexibility index (Phi) is 4.14. The minimum absolute atomic E-state index is 0.103. The van der Waals surface area contributed by atoms with Crippen molar-refractivity contribution in [3.63, 3.8) is 0 Å². The van der Waals surface area contributed by atoms with E-state index < -0.39 is 11.7 Å². The van der Waals surface area contributed by atoms with Gasteiger partial charge in [-0.25, -0.2) is 9.37 Å². The van der Waals surface area contributed by atoms with E-state index in [1.165, 1.54) is 12.1 Å². The number of rotatable bonds is 0. The van der Waals surface area contributed by atoms with Crippen LogP contribution in [0.3, 0.4) is 0 Å². The highest BCUT2D eigenvalue weighted by Crippen LogP contribution is 2.22.